The van der Waals surface area contributed by atoms with Gasteiger partial charge >= 0.3 is 16.4 Å². The summed E-state index contributed by atoms with van der Waals surface area (Å²) in [5.74, 6) is -0.304. The molecule has 0 amide bonds. The van der Waals surface area contributed by atoms with Crippen molar-refractivity contribution in [2.75, 3.05) is 13.2 Å². The van der Waals surface area contributed by atoms with Crippen molar-refractivity contribution < 1.29 is 27.1 Å². The Balaban J connectivity index is 0. The molecule has 0 aromatic rings. The lowest BCUT2D eigenvalue weighted by molar-refractivity contribution is -0.142. The topological polar surface area (TPSA) is 127 Å². The van der Waals surface area contributed by atoms with E-state index in [9.17, 15) is 4.79 Å². The van der Waals surface area contributed by atoms with Crippen LogP contribution in [0, 0.1) is 0 Å². The SMILES string of the molecule is CCCCCCOC(=O)CN.O=S(=O)(O)O. The lowest BCUT2D eigenvalue weighted by Gasteiger charge is -2.01. The zero-order chi connectivity index (χ0) is 13.0. The molecule has 0 heterocycles. The number of hydrogen-bond donors (Lipinski definition) is 3. The second kappa shape index (κ2) is 10.8. The van der Waals surface area contributed by atoms with Crippen LogP contribution in [0.2, 0.25) is 0 Å². The molecular weight excluding hydrogens is 238 g/mol. The van der Waals surface area contributed by atoms with Crippen LogP contribution in [0.5, 0.6) is 0 Å². The van der Waals surface area contributed by atoms with Gasteiger partial charge in [0.05, 0.1) is 13.2 Å². The van der Waals surface area contributed by atoms with Crippen molar-refractivity contribution >= 4 is 16.4 Å². The summed E-state index contributed by atoms with van der Waals surface area (Å²) in [6.45, 7) is 2.66. The van der Waals surface area contributed by atoms with Crippen LogP contribution in [0.25, 0.3) is 0 Å². The second-order valence-electron chi connectivity index (χ2n) is 2.93. The number of esters is 1. The third-order valence-electron chi connectivity index (χ3n) is 1.43. The zero-order valence-corrected chi connectivity index (χ0v) is 10.1. The van der Waals surface area contributed by atoms with Gasteiger partial charge in [0.15, 0.2) is 0 Å². The smallest absolute Gasteiger partial charge is 0.394 e. The number of unbranched alkanes of at least 4 members (excludes halogenated alkanes) is 3. The van der Waals surface area contributed by atoms with Crippen LogP contribution in [0.15, 0.2) is 0 Å². The first-order chi connectivity index (χ1) is 7.31. The molecule has 8 heteroatoms. The maximum atomic E-state index is 10.5. The van der Waals surface area contributed by atoms with Gasteiger partial charge in [-0.2, -0.15) is 8.42 Å². The predicted octanol–water partition coefficient (Wildman–Crippen LogP) is 0.416. The van der Waals surface area contributed by atoms with Crippen molar-refractivity contribution in [2.45, 2.75) is 32.6 Å². The van der Waals surface area contributed by atoms with Gasteiger partial charge in [-0.15, -0.1) is 0 Å². The van der Waals surface area contributed by atoms with E-state index in [1.807, 2.05) is 0 Å². The van der Waals surface area contributed by atoms with Gasteiger partial charge in [-0.1, -0.05) is 26.2 Å². The third kappa shape index (κ3) is 29.2. The molecule has 0 spiro atoms. The molecule has 0 radical (unpaired) electrons. The Morgan fingerprint density at radius 1 is 1.25 bits per heavy atom. The van der Waals surface area contributed by atoms with E-state index in [0.29, 0.717) is 6.61 Å². The van der Waals surface area contributed by atoms with Crippen LogP contribution < -0.4 is 5.73 Å². The molecule has 0 atom stereocenters. The number of carbonyl (C=O) groups is 1. The largest absolute Gasteiger partial charge is 0.465 e. The van der Waals surface area contributed by atoms with Crippen LogP contribution >= 0.6 is 0 Å². The molecular formula is C8H19NO6S. The van der Waals surface area contributed by atoms with E-state index in [4.69, 9.17) is 28.0 Å². The van der Waals surface area contributed by atoms with Crippen molar-refractivity contribution in [3.05, 3.63) is 0 Å². The van der Waals surface area contributed by atoms with Gasteiger partial charge in [0.25, 0.3) is 0 Å². The van der Waals surface area contributed by atoms with Crippen molar-refractivity contribution in [2.24, 2.45) is 5.73 Å². The summed E-state index contributed by atoms with van der Waals surface area (Å²) in [5.41, 5.74) is 5.04. The normalized spacial score (nSPS) is 10.2. The fourth-order valence-corrected chi connectivity index (χ4v) is 0.774. The van der Waals surface area contributed by atoms with Gasteiger partial charge in [-0.3, -0.25) is 13.9 Å². The van der Waals surface area contributed by atoms with Crippen LogP contribution in [-0.4, -0.2) is 36.6 Å². The molecule has 0 rings (SSSR count). The highest BCUT2D eigenvalue weighted by Crippen LogP contribution is 1.98. The summed E-state index contributed by atoms with van der Waals surface area (Å²) in [6, 6.07) is 0. The molecule has 0 aliphatic carbocycles. The van der Waals surface area contributed by atoms with E-state index in [1.54, 1.807) is 0 Å². The van der Waals surface area contributed by atoms with E-state index < -0.39 is 10.4 Å². The minimum atomic E-state index is -4.67. The first kappa shape index (κ1) is 17.7. The summed E-state index contributed by atoms with van der Waals surface area (Å²) < 4.78 is 36.4. The van der Waals surface area contributed by atoms with Crippen molar-refractivity contribution in [3.63, 3.8) is 0 Å². The Morgan fingerprint density at radius 2 is 1.75 bits per heavy atom. The summed E-state index contributed by atoms with van der Waals surface area (Å²) in [5, 5.41) is 0. The molecule has 16 heavy (non-hydrogen) atoms. The monoisotopic (exact) mass is 257 g/mol. The molecule has 4 N–H and O–H groups in total. The van der Waals surface area contributed by atoms with E-state index in [-0.39, 0.29) is 12.5 Å². The summed E-state index contributed by atoms with van der Waals surface area (Å²) in [4.78, 5) is 10.5. The van der Waals surface area contributed by atoms with Crippen molar-refractivity contribution in [3.8, 4) is 0 Å². The molecule has 0 saturated carbocycles. The van der Waals surface area contributed by atoms with E-state index in [0.717, 1.165) is 12.8 Å². The van der Waals surface area contributed by atoms with Crippen LogP contribution in [0.4, 0.5) is 0 Å². The molecule has 0 saturated heterocycles. The molecule has 0 bridgehead atoms. The molecule has 0 aromatic carbocycles. The van der Waals surface area contributed by atoms with Gasteiger partial charge in [-0.25, -0.2) is 0 Å². The van der Waals surface area contributed by atoms with Gasteiger partial charge in [0, 0.05) is 0 Å². The Bertz CT molecular complexity index is 256. The minimum Gasteiger partial charge on any atom is -0.465 e. The van der Waals surface area contributed by atoms with Crippen molar-refractivity contribution in [1.82, 2.24) is 0 Å². The summed E-state index contributed by atoms with van der Waals surface area (Å²) in [7, 11) is -4.67. The average Bonchev–Trinajstić information content (AvgIpc) is 2.14. The molecule has 0 aliphatic rings. The lowest BCUT2D eigenvalue weighted by Crippen LogP contribution is -2.17. The molecule has 0 aromatic heterocycles. The molecule has 0 aliphatic heterocycles. The van der Waals surface area contributed by atoms with E-state index in [2.05, 4.69) is 6.92 Å². The Kier molecular flexibility index (Phi) is 11.9. The van der Waals surface area contributed by atoms with Gasteiger partial charge in [0.2, 0.25) is 0 Å². The van der Waals surface area contributed by atoms with Crippen LogP contribution in [0.1, 0.15) is 32.6 Å². The highest BCUT2D eigenvalue weighted by atomic mass is 32.3. The molecule has 98 valence electrons. The first-order valence-corrected chi connectivity index (χ1v) is 6.26. The Labute approximate surface area is 95.5 Å². The van der Waals surface area contributed by atoms with Crippen LogP contribution in [0.3, 0.4) is 0 Å². The van der Waals surface area contributed by atoms with Gasteiger partial charge in [0.1, 0.15) is 0 Å². The summed E-state index contributed by atoms with van der Waals surface area (Å²) in [6.07, 6.45) is 4.50. The van der Waals surface area contributed by atoms with Gasteiger partial charge in [-0.05, 0) is 6.42 Å². The number of rotatable bonds is 6. The Hall–Kier alpha value is -0.700. The highest BCUT2D eigenvalue weighted by molar-refractivity contribution is 7.79. The number of carbonyl (C=O) groups excluding carboxylic acids is 1. The quantitative estimate of drug-likeness (QED) is 0.357. The zero-order valence-electron chi connectivity index (χ0n) is 9.26. The standard InChI is InChI=1S/C8H17NO2.H2O4S/c1-2-3-4-5-6-11-8(10)7-9;1-5(2,3)4/h2-7,9H2,1H3;(H2,1,2,3,4). The number of hydrogen-bond acceptors (Lipinski definition) is 5. The summed E-state index contributed by atoms with van der Waals surface area (Å²) >= 11 is 0. The molecule has 0 fully saturated rings. The maximum Gasteiger partial charge on any atom is 0.394 e. The number of ether oxygens (including phenoxy) is 1. The van der Waals surface area contributed by atoms with E-state index >= 15 is 0 Å². The molecule has 7 nitrogen and oxygen atoms in total. The number of nitrogens with two attached hydrogens (primary N) is 1. The average molecular weight is 257 g/mol. The predicted molar refractivity (Wildman–Crippen MR) is 58.3 cm³/mol. The minimum absolute atomic E-state index is 0.00617. The van der Waals surface area contributed by atoms with E-state index in [1.165, 1.54) is 12.8 Å². The Morgan fingerprint density at radius 3 is 2.12 bits per heavy atom. The fraction of sp³-hybridized carbons (Fsp3) is 0.875. The fourth-order valence-electron chi connectivity index (χ4n) is 0.774. The van der Waals surface area contributed by atoms with Crippen LogP contribution in [-0.2, 0) is 19.9 Å². The third-order valence-corrected chi connectivity index (χ3v) is 1.43. The maximum absolute atomic E-state index is 10.5. The first-order valence-electron chi connectivity index (χ1n) is 4.86. The molecule has 0 unspecified atom stereocenters. The lowest BCUT2D eigenvalue weighted by atomic mass is 10.2. The van der Waals surface area contributed by atoms with Crippen molar-refractivity contribution in [1.29, 1.82) is 0 Å². The van der Waals surface area contributed by atoms with Gasteiger partial charge < -0.3 is 10.5 Å². The highest BCUT2D eigenvalue weighted by Gasteiger charge is 1.96. The second-order valence-corrected chi connectivity index (χ2v) is 3.83.